The molecule has 0 aliphatic heterocycles. The molecule has 0 saturated heterocycles. The monoisotopic (exact) mass is 329 g/mol. The molecule has 0 bridgehead atoms. The van der Waals surface area contributed by atoms with Crippen molar-refractivity contribution in [3.05, 3.63) is 46.8 Å². The maximum absolute atomic E-state index is 12.7. The second-order valence-electron chi connectivity index (χ2n) is 6.11. The highest BCUT2D eigenvalue weighted by molar-refractivity contribution is 5.87. The third-order valence-electron chi connectivity index (χ3n) is 4.56. The summed E-state index contributed by atoms with van der Waals surface area (Å²) in [5.41, 5.74) is 3.18. The van der Waals surface area contributed by atoms with Crippen LogP contribution in [0.2, 0.25) is 0 Å². The van der Waals surface area contributed by atoms with Crippen molar-refractivity contribution in [2.45, 2.75) is 39.2 Å². The molecule has 0 spiro atoms. The molecule has 24 heavy (non-hydrogen) atoms. The predicted octanol–water partition coefficient (Wildman–Crippen LogP) is 3.20. The molecule has 1 heterocycles. The van der Waals surface area contributed by atoms with Gasteiger partial charge in [-0.15, -0.1) is 0 Å². The lowest BCUT2D eigenvalue weighted by molar-refractivity contribution is 0.154. The van der Waals surface area contributed by atoms with E-state index in [1.807, 2.05) is 19.1 Å². The number of carbonyl (C=O) groups is 1. The van der Waals surface area contributed by atoms with E-state index in [9.17, 15) is 9.90 Å². The number of hydrogen-bond donors (Lipinski definition) is 2. The summed E-state index contributed by atoms with van der Waals surface area (Å²) in [7, 11) is 0. The standard InChI is InChI=1S/C18H23N3O3/c1-12-13(2)24-17(19-12)20-18(23)21(10-11-22)16-9-5-7-14-6-3-4-8-15(14)16/h3-4,6,8,16,22H,5,7,9-11H2,1-2H3,(H,19,20,23). The van der Waals surface area contributed by atoms with Crippen LogP contribution in [0, 0.1) is 13.8 Å². The third-order valence-corrected chi connectivity index (χ3v) is 4.56. The number of anilines is 1. The van der Waals surface area contributed by atoms with Gasteiger partial charge in [0.1, 0.15) is 5.76 Å². The number of nitrogens with zero attached hydrogens (tertiary/aromatic N) is 2. The number of carbonyl (C=O) groups excluding carboxylic acids is 1. The minimum absolute atomic E-state index is 0.0424. The Kier molecular flexibility index (Phi) is 4.85. The van der Waals surface area contributed by atoms with Gasteiger partial charge in [-0.2, -0.15) is 4.98 Å². The zero-order valence-electron chi connectivity index (χ0n) is 14.1. The molecule has 2 amide bonds. The van der Waals surface area contributed by atoms with E-state index in [2.05, 4.69) is 22.4 Å². The van der Waals surface area contributed by atoms with Crippen molar-refractivity contribution in [1.29, 1.82) is 0 Å². The predicted molar refractivity (Wildman–Crippen MR) is 90.9 cm³/mol. The average Bonchev–Trinajstić information content (AvgIpc) is 2.89. The molecule has 0 saturated carbocycles. The first kappa shape index (κ1) is 16.5. The number of oxazole rings is 1. The number of hydrogen-bond acceptors (Lipinski definition) is 4. The molecule has 6 heteroatoms. The number of nitrogens with one attached hydrogen (secondary N) is 1. The van der Waals surface area contributed by atoms with Crippen LogP contribution in [0.25, 0.3) is 0 Å². The van der Waals surface area contributed by atoms with Gasteiger partial charge in [0, 0.05) is 6.54 Å². The fourth-order valence-electron chi connectivity index (χ4n) is 3.25. The van der Waals surface area contributed by atoms with E-state index in [1.54, 1.807) is 11.8 Å². The van der Waals surface area contributed by atoms with Crippen LogP contribution in [0.3, 0.4) is 0 Å². The molecule has 3 rings (SSSR count). The highest BCUT2D eigenvalue weighted by atomic mass is 16.4. The average molecular weight is 329 g/mol. The van der Waals surface area contributed by atoms with E-state index in [0.717, 1.165) is 30.5 Å². The summed E-state index contributed by atoms with van der Waals surface area (Å²) in [6.07, 6.45) is 2.93. The quantitative estimate of drug-likeness (QED) is 0.903. The number of urea groups is 1. The number of aliphatic hydroxyl groups is 1. The third kappa shape index (κ3) is 3.28. The summed E-state index contributed by atoms with van der Waals surface area (Å²) >= 11 is 0. The summed E-state index contributed by atoms with van der Waals surface area (Å²) in [5, 5.41) is 12.1. The lowest BCUT2D eigenvalue weighted by atomic mass is 9.87. The first-order chi connectivity index (χ1) is 11.6. The van der Waals surface area contributed by atoms with Crippen LogP contribution in [-0.2, 0) is 6.42 Å². The number of aliphatic hydroxyl groups excluding tert-OH is 1. The van der Waals surface area contributed by atoms with Gasteiger partial charge < -0.3 is 14.4 Å². The van der Waals surface area contributed by atoms with Crippen LogP contribution in [-0.4, -0.2) is 34.2 Å². The lowest BCUT2D eigenvalue weighted by Crippen LogP contribution is -2.41. The van der Waals surface area contributed by atoms with Crippen molar-refractivity contribution in [1.82, 2.24) is 9.88 Å². The van der Waals surface area contributed by atoms with Gasteiger partial charge in [-0.1, -0.05) is 24.3 Å². The highest BCUT2D eigenvalue weighted by Crippen LogP contribution is 2.34. The molecule has 2 aromatic rings. The summed E-state index contributed by atoms with van der Waals surface area (Å²) in [4.78, 5) is 18.6. The van der Waals surface area contributed by atoms with Crippen molar-refractivity contribution in [2.75, 3.05) is 18.5 Å². The fraction of sp³-hybridized carbons (Fsp3) is 0.444. The van der Waals surface area contributed by atoms with Crippen molar-refractivity contribution in [2.24, 2.45) is 0 Å². The highest BCUT2D eigenvalue weighted by Gasteiger charge is 2.29. The summed E-state index contributed by atoms with van der Waals surface area (Å²) < 4.78 is 5.44. The van der Waals surface area contributed by atoms with E-state index in [4.69, 9.17) is 4.42 Å². The Balaban J connectivity index is 1.83. The molecular formula is C18H23N3O3. The molecule has 1 atom stereocenters. The molecular weight excluding hydrogens is 306 g/mol. The van der Waals surface area contributed by atoms with E-state index in [0.29, 0.717) is 5.76 Å². The van der Waals surface area contributed by atoms with Gasteiger partial charge in [0.15, 0.2) is 0 Å². The van der Waals surface area contributed by atoms with E-state index < -0.39 is 0 Å². The summed E-state index contributed by atoms with van der Waals surface area (Å²) in [6, 6.07) is 8.05. The SMILES string of the molecule is Cc1nc(NC(=O)N(CCO)C2CCCc3ccccc32)oc1C. The topological polar surface area (TPSA) is 78.6 Å². The zero-order valence-corrected chi connectivity index (χ0v) is 14.1. The number of aromatic nitrogens is 1. The normalized spacial score (nSPS) is 16.5. The van der Waals surface area contributed by atoms with Crippen LogP contribution < -0.4 is 5.32 Å². The van der Waals surface area contributed by atoms with E-state index >= 15 is 0 Å². The van der Waals surface area contributed by atoms with Gasteiger partial charge in [0.25, 0.3) is 0 Å². The maximum atomic E-state index is 12.7. The second-order valence-corrected chi connectivity index (χ2v) is 6.11. The molecule has 128 valence electrons. The number of amides is 2. The first-order valence-electron chi connectivity index (χ1n) is 8.30. The first-order valence-corrected chi connectivity index (χ1v) is 8.30. The molecule has 1 aliphatic carbocycles. The minimum atomic E-state index is -0.299. The van der Waals surface area contributed by atoms with Crippen LogP contribution in [0.1, 0.15) is 41.5 Å². The van der Waals surface area contributed by atoms with Gasteiger partial charge in [-0.3, -0.25) is 5.32 Å². The van der Waals surface area contributed by atoms with Crippen molar-refractivity contribution >= 4 is 12.0 Å². The molecule has 2 N–H and O–H groups in total. The van der Waals surface area contributed by atoms with Gasteiger partial charge in [0.2, 0.25) is 0 Å². The molecule has 6 nitrogen and oxygen atoms in total. The van der Waals surface area contributed by atoms with Crippen LogP contribution in [0.5, 0.6) is 0 Å². The molecule has 1 aromatic carbocycles. The second kappa shape index (κ2) is 7.05. The zero-order chi connectivity index (χ0) is 17.1. The van der Waals surface area contributed by atoms with E-state index in [1.165, 1.54) is 5.56 Å². The van der Waals surface area contributed by atoms with Crippen LogP contribution in [0.15, 0.2) is 28.7 Å². The van der Waals surface area contributed by atoms with Gasteiger partial charge in [-0.05, 0) is 44.2 Å². The Labute approximate surface area is 141 Å². The molecule has 0 fully saturated rings. The van der Waals surface area contributed by atoms with Gasteiger partial charge >= 0.3 is 12.0 Å². The van der Waals surface area contributed by atoms with Gasteiger partial charge in [-0.25, -0.2) is 4.79 Å². The molecule has 1 aliphatic rings. The van der Waals surface area contributed by atoms with Gasteiger partial charge in [0.05, 0.1) is 18.3 Å². The van der Waals surface area contributed by atoms with E-state index in [-0.39, 0.29) is 31.2 Å². The fourth-order valence-corrected chi connectivity index (χ4v) is 3.25. The largest absolute Gasteiger partial charge is 0.428 e. The number of benzene rings is 1. The summed E-state index contributed by atoms with van der Waals surface area (Å²) in [6.45, 7) is 3.82. The number of rotatable bonds is 4. The Bertz CT molecular complexity index is 707. The van der Waals surface area contributed by atoms with Crippen molar-refractivity contribution < 1.29 is 14.3 Å². The Hall–Kier alpha value is -2.34. The Morgan fingerprint density at radius 2 is 2.21 bits per heavy atom. The summed E-state index contributed by atoms with van der Waals surface area (Å²) in [5.74, 6) is 0.682. The maximum Gasteiger partial charge on any atom is 0.326 e. The Morgan fingerprint density at radius 3 is 2.92 bits per heavy atom. The minimum Gasteiger partial charge on any atom is -0.428 e. The molecule has 1 unspecified atom stereocenters. The Morgan fingerprint density at radius 1 is 1.42 bits per heavy atom. The molecule has 0 radical (unpaired) electrons. The number of fused-ring (bicyclic) bond motifs is 1. The van der Waals surface area contributed by atoms with Crippen LogP contribution >= 0.6 is 0 Å². The van der Waals surface area contributed by atoms with Crippen LogP contribution in [0.4, 0.5) is 10.8 Å². The lowest BCUT2D eigenvalue weighted by Gasteiger charge is -2.35. The molecule has 1 aromatic heterocycles. The van der Waals surface area contributed by atoms with Crippen molar-refractivity contribution in [3.63, 3.8) is 0 Å². The number of aryl methyl sites for hydroxylation is 3. The smallest absolute Gasteiger partial charge is 0.326 e. The van der Waals surface area contributed by atoms with Crippen molar-refractivity contribution in [3.8, 4) is 0 Å².